The summed E-state index contributed by atoms with van der Waals surface area (Å²) in [5.41, 5.74) is 0. The quantitative estimate of drug-likeness (QED) is 0.0262. The Morgan fingerprint density at radius 3 is 0.877 bits per heavy atom. The molecule has 0 spiro atoms. The van der Waals surface area contributed by atoms with E-state index >= 15 is 0 Å². The fraction of sp³-hybridized carbons (Fsp3) is 0.814. The number of unbranched alkanes of at least 4 members (excludes halogenated alkanes) is 32. The zero-order chi connectivity index (χ0) is 47.2. The van der Waals surface area contributed by atoms with E-state index in [1.807, 2.05) is 0 Å². The molecule has 0 aromatic carbocycles. The lowest BCUT2D eigenvalue weighted by Gasteiger charge is -2.18. The van der Waals surface area contributed by atoms with E-state index in [1.54, 1.807) is 0 Å². The zero-order valence-corrected chi connectivity index (χ0v) is 43.3. The number of rotatable bonds is 51. The highest BCUT2D eigenvalue weighted by Gasteiger charge is 2.19. The van der Waals surface area contributed by atoms with Crippen LogP contribution in [0.4, 0.5) is 0 Å². The van der Waals surface area contributed by atoms with Crippen LogP contribution in [0.15, 0.2) is 48.6 Å². The monoisotopic (exact) mass is 911 g/mol. The summed E-state index contributed by atoms with van der Waals surface area (Å²) in [6.07, 6.45) is 65.2. The fourth-order valence-corrected chi connectivity index (χ4v) is 7.99. The van der Waals surface area contributed by atoms with E-state index in [9.17, 15) is 14.4 Å². The molecular weight excluding hydrogens is 805 g/mol. The number of carbonyl (C=O) groups excluding carboxylic acids is 3. The summed E-state index contributed by atoms with van der Waals surface area (Å²) in [6.45, 7) is 6.61. The highest BCUT2D eigenvalue weighted by molar-refractivity contribution is 5.71. The molecule has 0 aromatic rings. The smallest absolute Gasteiger partial charge is 0.306 e. The topological polar surface area (TPSA) is 78.9 Å². The van der Waals surface area contributed by atoms with Gasteiger partial charge in [-0.2, -0.15) is 0 Å². The van der Waals surface area contributed by atoms with Gasteiger partial charge in [-0.3, -0.25) is 14.4 Å². The van der Waals surface area contributed by atoms with Crippen LogP contribution in [0.1, 0.15) is 290 Å². The highest BCUT2D eigenvalue weighted by atomic mass is 16.6. The number of hydrogen-bond donors (Lipinski definition) is 0. The molecule has 0 heterocycles. The molecule has 6 heteroatoms. The molecular formula is C59H106O6. The third kappa shape index (κ3) is 52.2. The zero-order valence-electron chi connectivity index (χ0n) is 43.3. The molecule has 0 bridgehead atoms. The van der Waals surface area contributed by atoms with Crippen molar-refractivity contribution in [3.05, 3.63) is 48.6 Å². The van der Waals surface area contributed by atoms with E-state index in [2.05, 4.69) is 69.4 Å². The minimum Gasteiger partial charge on any atom is -0.462 e. The van der Waals surface area contributed by atoms with Crippen LogP contribution in [0, 0.1) is 0 Å². The molecule has 0 N–H and O–H groups in total. The van der Waals surface area contributed by atoms with Crippen molar-refractivity contribution in [1.82, 2.24) is 0 Å². The SMILES string of the molecule is CCCCCC/C=C\C/C=C\CCCCCCCC(=O)OCC(COC(=O)CCCCCCC/C=C\CCCCCCCC)OC(=O)CCCCCCC/C=C\CCCCCCCCC. The van der Waals surface area contributed by atoms with Crippen LogP contribution < -0.4 is 0 Å². The maximum Gasteiger partial charge on any atom is 0.306 e. The lowest BCUT2D eigenvalue weighted by molar-refractivity contribution is -0.167. The predicted octanol–water partition coefficient (Wildman–Crippen LogP) is 18.7. The normalized spacial score (nSPS) is 12.4. The maximum atomic E-state index is 12.8. The van der Waals surface area contributed by atoms with Crippen molar-refractivity contribution >= 4 is 17.9 Å². The van der Waals surface area contributed by atoms with Gasteiger partial charge in [0.25, 0.3) is 0 Å². The van der Waals surface area contributed by atoms with E-state index < -0.39 is 6.10 Å². The van der Waals surface area contributed by atoms with Gasteiger partial charge < -0.3 is 14.2 Å². The number of allylic oxidation sites excluding steroid dienone is 8. The summed E-state index contributed by atoms with van der Waals surface area (Å²) >= 11 is 0. The molecule has 0 saturated carbocycles. The number of ether oxygens (including phenoxy) is 3. The van der Waals surface area contributed by atoms with E-state index in [0.717, 1.165) is 96.3 Å². The molecule has 0 fully saturated rings. The molecule has 0 aromatic heterocycles. The van der Waals surface area contributed by atoms with Gasteiger partial charge >= 0.3 is 17.9 Å². The molecule has 1 unspecified atom stereocenters. The second-order valence-corrected chi connectivity index (χ2v) is 18.8. The molecule has 0 rings (SSSR count). The molecule has 0 aliphatic rings. The van der Waals surface area contributed by atoms with E-state index in [0.29, 0.717) is 19.3 Å². The van der Waals surface area contributed by atoms with Crippen LogP contribution in [-0.4, -0.2) is 37.2 Å². The minimum atomic E-state index is -0.785. The molecule has 65 heavy (non-hydrogen) atoms. The Kier molecular flexibility index (Phi) is 51.8. The van der Waals surface area contributed by atoms with Gasteiger partial charge in [0.15, 0.2) is 6.10 Å². The van der Waals surface area contributed by atoms with Gasteiger partial charge in [0, 0.05) is 19.3 Å². The van der Waals surface area contributed by atoms with Crippen molar-refractivity contribution in [3.8, 4) is 0 Å². The van der Waals surface area contributed by atoms with Crippen LogP contribution in [0.25, 0.3) is 0 Å². The predicted molar refractivity (Wildman–Crippen MR) is 279 cm³/mol. The minimum absolute atomic E-state index is 0.0841. The third-order valence-corrected chi connectivity index (χ3v) is 12.3. The summed E-state index contributed by atoms with van der Waals surface area (Å²) in [4.78, 5) is 38.1. The fourth-order valence-electron chi connectivity index (χ4n) is 7.99. The van der Waals surface area contributed by atoms with Crippen LogP contribution in [0.3, 0.4) is 0 Å². The summed E-state index contributed by atoms with van der Waals surface area (Å²) in [7, 11) is 0. The van der Waals surface area contributed by atoms with Gasteiger partial charge in [-0.25, -0.2) is 0 Å². The van der Waals surface area contributed by atoms with Crippen molar-refractivity contribution in [2.24, 2.45) is 0 Å². The molecule has 378 valence electrons. The Morgan fingerprint density at radius 2 is 0.554 bits per heavy atom. The first-order valence-corrected chi connectivity index (χ1v) is 28.1. The third-order valence-electron chi connectivity index (χ3n) is 12.3. The molecule has 0 radical (unpaired) electrons. The first-order valence-electron chi connectivity index (χ1n) is 28.1. The molecule has 0 aliphatic carbocycles. The average molecular weight is 911 g/mol. The second kappa shape index (κ2) is 54.0. The molecule has 0 saturated heterocycles. The largest absolute Gasteiger partial charge is 0.462 e. The van der Waals surface area contributed by atoms with Gasteiger partial charge in [-0.05, 0) is 103 Å². The number of hydrogen-bond acceptors (Lipinski definition) is 6. The second-order valence-electron chi connectivity index (χ2n) is 18.8. The maximum absolute atomic E-state index is 12.8. The Morgan fingerprint density at radius 1 is 0.308 bits per heavy atom. The Bertz CT molecular complexity index is 1140. The van der Waals surface area contributed by atoms with Crippen molar-refractivity contribution in [2.75, 3.05) is 13.2 Å². The van der Waals surface area contributed by atoms with E-state index in [4.69, 9.17) is 14.2 Å². The van der Waals surface area contributed by atoms with Crippen LogP contribution in [0.2, 0.25) is 0 Å². The first-order chi connectivity index (χ1) is 32.0. The van der Waals surface area contributed by atoms with Crippen LogP contribution in [0.5, 0.6) is 0 Å². The number of esters is 3. The average Bonchev–Trinajstić information content (AvgIpc) is 3.30. The van der Waals surface area contributed by atoms with Gasteiger partial charge in [0.05, 0.1) is 0 Å². The lowest BCUT2D eigenvalue weighted by Crippen LogP contribution is -2.30. The molecule has 6 nitrogen and oxygen atoms in total. The molecule has 0 aliphatic heterocycles. The Labute approximate surface area is 403 Å². The van der Waals surface area contributed by atoms with E-state index in [1.165, 1.54) is 154 Å². The van der Waals surface area contributed by atoms with Crippen LogP contribution in [-0.2, 0) is 28.6 Å². The summed E-state index contributed by atoms with van der Waals surface area (Å²) in [5, 5.41) is 0. The van der Waals surface area contributed by atoms with Gasteiger partial charge in [0.2, 0.25) is 0 Å². The lowest BCUT2D eigenvalue weighted by atomic mass is 10.1. The Hall–Kier alpha value is -2.63. The van der Waals surface area contributed by atoms with Gasteiger partial charge in [0.1, 0.15) is 13.2 Å². The standard InChI is InChI=1S/C59H106O6/c1-4-7-10-13-16-19-22-25-28-31-34-37-40-43-46-49-52-58(61)64-55-56(54-63-57(60)51-48-45-42-39-36-33-30-27-24-21-18-15-12-9-6-3)65-59(62)53-50-47-44-41-38-35-32-29-26-23-20-17-14-11-8-5-2/h19,22,27-32,56H,4-18,20-21,23-26,33-55H2,1-3H3/b22-19-,30-27-,31-28-,32-29-. The highest BCUT2D eigenvalue weighted by Crippen LogP contribution is 2.15. The first kappa shape index (κ1) is 62.4. The van der Waals surface area contributed by atoms with Crippen molar-refractivity contribution < 1.29 is 28.6 Å². The van der Waals surface area contributed by atoms with Crippen molar-refractivity contribution in [1.29, 1.82) is 0 Å². The van der Waals surface area contributed by atoms with Gasteiger partial charge in [-0.1, -0.05) is 217 Å². The van der Waals surface area contributed by atoms with Crippen LogP contribution >= 0.6 is 0 Å². The summed E-state index contributed by atoms with van der Waals surface area (Å²) in [5.74, 6) is -0.903. The summed E-state index contributed by atoms with van der Waals surface area (Å²) in [6, 6.07) is 0. The number of carbonyl (C=O) groups is 3. The van der Waals surface area contributed by atoms with Crippen molar-refractivity contribution in [2.45, 2.75) is 297 Å². The molecule has 0 amide bonds. The van der Waals surface area contributed by atoms with Gasteiger partial charge in [-0.15, -0.1) is 0 Å². The summed E-state index contributed by atoms with van der Waals surface area (Å²) < 4.78 is 16.8. The Balaban J connectivity index is 4.41. The molecule has 1 atom stereocenters. The van der Waals surface area contributed by atoms with E-state index in [-0.39, 0.29) is 31.1 Å². The van der Waals surface area contributed by atoms with Crippen molar-refractivity contribution in [3.63, 3.8) is 0 Å².